The second kappa shape index (κ2) is 7.61. The fourth-order valence-electron chi connectivity index (χ4n) is 1.92. The van der Waals surface area contributed by atoms with Gasteiger partial charge in [-0.2, -0.15) is 12.2 Å². The first-order chi connectivity index (χ1) is 8.84. The Morgan fingerprint density at radius 2 is 1.06 bits per heavy atom. The molecule has 2 aromatic carbocycles. The van der Waals surface area contributed by atoms with Gasteiger partial charge in [0, 0.05) is 0 Å². The Bertz CT molecular complexity index is 398. The fourth-order valence-corrected chi connectivity index (χ4v) is 3.77. The minimum atomic E-state index is -0.133. The van der Waals surface area contributed by atoms with Gasteiger partial charge in [0.05, 0.1) is 0 Å². The van der Waals surface area contributed by atoms with Crippen molar-refractivity contribution in [2.75, 3.05) is 12.3 Å². The first-order valence-corrected chi connectivity index (χ1v) is 9.23. The van der Waals surface area contributed by atoms with Crippen LogP contribution in [0.3, 0.4) is 0 Å². The van der Waals surface area contributed by atoms with Gasteiger partial charge in [-0.05, 0) is 43.4 Å². The number of thiol groups is 1. The molecule has 0 aliphatic carbocycles. The number of rotatable bonds is 6. The van der Waals surface area contributed by atoms with Crippen LogP contribution in [0.2, 0.25) is 0 Å². The average molecular weight is 274 g/mol. The van der Waals surface area contributed by atoms with Gasteiger partial charge in [0.2, 0.25) is 0 Å². The molecule has 18 heavy (non-hydrogen) atoms. The molecule has 0 atom stereocenters. The molecule has 0 aliphatic heterocycles. The van der Waals surface area contributed by atoms with E-state index in [1.165, 1.54) is 23.5 Å². The molecule has 0 nitrogen and oxygen atoms in total. The molecule has 0 aromatic heterocycles. The molecule has 0 aliphatic rings. The van der Waals surface area contributed by atoms with Crippen molar-refractivity contribution in [2.24, 2.45) is 0 Å². The highest BCUT2D eigenvalue weighted by molar-refractivity contribution is 8.45. The van der Waals surface area contributed by atoms with E-state index in [1.807, 2.05) is 0 Å². The van der Waals surface area contributed by atoms with E-state index in [2.05, 4.69) is 60.7 Å². The van der Waals surface area contributed by atoms with E-state index in [0.29, 0.717) is 0 Å². The molecule has 2 heteroatoms. The molecule has 0 heterocycles. The van der Waals surface area contributed by atoms with Crippen LogP contribution in [0.1, 0.15) is 11.1 Å². The first-order valence-electron chi connectivity index (χ1n) is 6.36. The van der Waals surface area contributed by atoms with E-state index in [1.54, 1.807) is 0 Å². The van der Waals surface area contributed by atoms with E-state index < -0.39 is 0 Å². The summed E-state index contributed by atoms with van der Waals surface area (Å²) in [5.41, 5.74) is 2.86. The van der Waals surface area contributed by atoms with Crippen LogP contribution < -0.4 is 0 Å². The highest BCUT2D eigenvalue weighted by atomic mass is 32.7. The van der Waals surface area contributed by atoms with Crippen molar-refractivity contribution in [2.45, 2.75) is 12.8 Å². The summed E-state index contributed by atoms with van der Waals surface area (Å²) in [6.07, 6.45) is 4.75. The Balaban J connectivity index is 1.71. The van der Waals surface area contributed by atoms with Crippen molar-refractivity contribution in [1.82, 2.24) is 0 Å². The van der Waals surface area contributed by atoms with Crippen molar-refractivity contribution >= 4 is 19.4 Å². The Kier molecular flexibility index (Phi) is 5.77. The van der Waals surface area contributed by atoms with Crippen LogP contribution in [-0.4, -0.2) is 12.3 Å². The molecule has 0 bridgehead atoms. The largest absolute Gasteiger partial charge is 0.151 e. The topological polar surface area (TPSA) is 0 Å². The number of hydrogen-bond donors (Lipinski definition) is 1. The third kappa shape index (κ3) is 4.84. The van der Waals surface area contributed by atoms with E-state index in [4.69, 9.17) is 12.2 Å². The zero-order valence-electron chi connectivity index (χ0n) is 10.5. The van der Waals surface area contributed by atoms with Gasteiger partial charge in [0.15, 0.2) is 0 Å². The molecule has 94 valence electrons. The van der Waals surface area contributed by atoms with Crippen LogP contribution in [0.15, 0.2) is 60.7 Å². The maximum atomic E-state index is 4.76. The molecule has 2 aromatic rings. The van der Waals surface area contributed by atoms with Crippen molar-refractivity contribution in [1.29, 1.82) is 0 Å². The molecular weight excluding hydrogens is 255 g/mol. The van der Waals surface area contributed by atoms with E-state index in [9.17, 15) is 0 Å². The van der Waals surface area contributed by atoms with E-state index in [-0.39, 0.29) is 7.12 Å². The number of hydrogen-bond acceptors (Lipinski definition) is 1. The normalized spacial score (nSPS) is 10.8. The predicted molar refractivity (Wildman–Crippen MR) is 85.9 cm³/mol. The second-order valence-corrected chi connectivity index (χ2v) is 8.03. The van der Waals surface area contributed by atoms with Gasteiger partial charge in [-0.3, -0.25) is 0 Å². The summed E-state index contributed by atoms with van der Waals surface area (Å²) in [5.74, 6) is 0. The molecule has 0 fully saturated rings. The number of benzene rings is 2. The average Bonchev–Trinajstić information content (AvgIpc) is 2.45. The van der Waals surface area contributed by atoms with E-state index >= 15 is 0 Å². The Morgan fingerprint density at radius 1 is 0.667 bits per heavy atom. The standard InChI is InChI=1S/C16H19PS/c18-17(13-11-15-7-3-1-4-8-15)14-12-16-9-5-2-6-10-16/h1-10,18H,11-14H2. The van der Waals surface area contributed by atoms with Crippen LogP contribution in [-0.2, 0) is 12.8 Å². The monoisotopic (exact) mass is 274 g/mol. The summed E-state index contributed by atoms with van der Waals surface area (Å²) >= 11 is 4.76. The SMILES string of the molecule is SP(CCc1ccccc1)CCc1ccccc1. The molecule has 2 rings (SSSR count). The minimum absolute atomic E-state index is 0.133. The van der Waals surface area contributed by atoms with Gasteiger partial charge in [0.1, 0.15) is 0 Å². The van der Waals surface area contributed by atoms with Crippen molar-refractivity contribution in [3.63, 3.8) is 0 Å². The van der Waals surface area contributed by atoms with Crippen LogP contribution in [0.25, 0.3) is 0 Å². The van der Waals surface area contributed by atoms with Crippen molar-refractivity contribution in [3.05, 3.63) is 71.8 Å². The lowest BCUT2D eigenvalue weighted by Gasteiger charge is -2.11. The third-order valence-electron chi connectivity index (χ3n) is 3.00. The van der Waals surface area contributed by atoms with Crippen LogP contribution in [0.5, 0.6) is 0 Å². The summed E-state index contributed by atoms with van der Waals surface area (Å²) in [4.78, 5) is 0. The summed E-state index contributed by atoms with van der Waals surface area (Å²) in [6, 6.07) is 21.4. The van der Waals surface area contributed by atoms with Gasteiger partial charge in [0.25, 0.3) is 0 Å². The zero-order valence-corrected chi connectivity index (χ0v) is 12.3. The summed E-state index contributed by atoms with van der Waals surface area (Å²) in [7, 11) is -0.133. The summed E-state index contributed by atoms with van der Waals surface area (Å²) in [5, 5.41) is 0. The zero-order chi connectivity index (χ0) is 12.6. The molecule has 0 amide bonds. The fraction of sp³-hybridized carbons (Fsp3) is 0.250. The van der Waals surface area contributed by atoms with Crippen LogP contribution in [0, 0.1) is 0 Å². The molecule has 0 N–H and O–H groups in total. The van der Waals surface area contributed by atoms with Crippen molar-refractivity contribution < 1.29 is 0 Å². The minimum Gasteiger partial charge on any atom is -0.151 e. The van der Waals surface area contributed by atoms with Gasteiger partial charge < -0.3 is 0 Å². The lowest BCUT2D eigenvalue weighted by atomic mass is 10.2. The maximum absolute atomic E-state index is 4.76. The highest BCUT2D eigenvalue weighted by Crippen LogP contribution is 2.41. The van der Waals surface area contributed by atoms with E-state index in [0.717, 1.165) is 12.8 Å². The van der Waals surface area contributed by atoms with Gasteiger partial charge >= 0.3 is 0 Å². The van der Waals surface area contributed by atoms with Crippen LogP contribution >= 0.6 is 19.4 Å². The smallest absolute Gasteiger partial charge is 0.0195 e. The van der Waals surface area contributed by atoms with Gasteiger partial charge in [-0.25, -0.2) is 0 Å². The maximum Gasteiger partial charge on any atom is -0.0195 e. The first kappa shape index (κ1) is 13.6. The Hall–Kier alpha value is -0.780. The Labute approximate surface area is 116 Å². The number of aryl methyl sites for hydroxylation is 2. The second-order valence-electron chi connectivity index (χ2n) is 4.42. The van der Waals surface area contributed by atoms with Gasteiger partial charge in [-0.1, -0.05) is 60.7 Å². The third-order valence-corrected chi connectivity index (χ3v) is 5.68. The molecule has 0 saturated carbocycles. The highest BCUT2D eigenvalue weighted by Gasteiger charge is 2.03. The quantitative estimate of drug-likeness (QED) is 0.568. The van der Waals surface area contributed by atoms with Gasteiger partial charge in [-0.15, -0.1) is 0 Å². The Morgan fingerprint density at radius 3 is 1.44 bits per heavy atom. The van der Waals surface area contributed by atoms with Crippen LogP contribution in [0.4, 0.5) is 0 Å². The molecule has 0 saturated heterocycles. The molecule has 0 unspecified atom stereocenters. The molecular formula is C16H19PS. The lowest BCUT2D eigenvalue weighted by Crippen LogP contribution is -1.94. The lowest BCUT2D eigenvalue weighted by molar-refractivity contribution is 1.11. The predicted octanol–water partition coefficient (Wildman–Crippen LogP) is 4.80. The molecule has 0 radical (unpaired) electrons. The summed E-state index contributed by atoms with van der Waals surface area (Å²) in [6.45, 7) is 0. The molecule has 0 spiro atoms. The summed E-state index contributed by atoms with van der Waals surface area (Å²) < 4.78 is 0. The van der Waals surface area contributed by atoms with Crippen molar-refractivity contribution in [3.8, 4) is 0 Å².